The predicted molar refractivity (Wildman–Crippen MR) is 121 cm³/mol. The number of carbonyl (C=O) groups excluding carboxylic acids is 2. The first-order valence-corrected chi connectivity index (χ1v) is 11.1. The average Bonchev–Trinajstić information content (AvgIpc) is 3.06. The third-order valence-electron chi connectivity index (χ3n) is 6.00. The summed E-state index contributed by atoms with van der Waals surface area (Å²) in [5.74, 6) is -0.525. The molecule has 0 radical (unpaired) electrons. The minimum Gasteiger partial charge on any atom is -0.364 e. The van der Waals surface area contributed by atoms with E-state index in [1.54, 1.807) is 42.6 Å². The van der Waals surface area contributed by atoms with Gasteiger partial charge in [0.05, 0.1) is 0 Å². The maximum atomic E-state index is 14.0. The van der Waals surface area contributed by atoms with Gasteiger partial charge in [-0.1, -0.05) is 18.2 Å². The minimum atomic E-state index is -0.567. The zero-order chi connectivity index (χ0) is 23.2. The lowest BCUT2D eigenvalue weighted by Gasteiger charge is -2.21. The molecular weight excluding hydrogens is 421 g/mol. The predicted octanol–water partition coefficient (Wildman–Crippen LogP) is 3.19. The Labute approximate surface area is 191 Å². The first kappa shape index (κ1) is 22.5. The highest BCUT2D eigenvalue weighted by molar-refractivity contribution is 5.94. The molecule has 1 saturated heterocycles. The Bertz CT molecular complexity index is 1150. The Morgan fingerprint density at radius 2 is 1.88 bits per heavy atom. The van der Waals surface area contributed by atoms with Gasteiger partial charge in [0.25, 0.3) is 11.8 Å². The fourth-order valence-electron chi connectivity index (χ4n) is 4.24. The van der Waals surface area contributed by atoms with Crippen LogP contribution in [0, 0.1) is 11.7 Å². The van der Waals surface area contributed by atoms with Crippen LogP contribution < -0.4 is 5.73 Å². The molecule has 33 heavy (non-hydrogen) atoms. The molecule has 2 amide bonds. The number of primary amides is 1. The monoisotopic (exact) mass is 447 g/mol. The average molecular weight is 448 g/mol. The molecule has 1 aromatic carbocycles. The number of likely N-dealkylation sites (tertiary alicyclic amines) is 1. The summed E-state index contributed by atoms with van der Waals surface area (Å²) < 4.78 is 14.0. The van der Waals surface area contributed by atoms with Crippen LogP contribution >= 0.6 is 0 Å². The second-order valence-electron chi connectivity index (χ2n) is 8.36. The molecule has 0 aliphatic carbocycles. The van der Waals surface area contributed by atoms with Crippen LogP contribution in [0.4, 0.5) is 4.39 Å². The molecule has 2 aromatic heterocycles. The maximum Gasteiger partial charge on any atom is 0.267 e. The highest BCUT2D eigenvalue weighted by Gasteiger charge is 2.23. The highest BCUT2D eigenvalue weighted by atomic mass is 19.1. The van der Waals surface area contributed by atoms with Gasteiger partial charge in [0, 0.05) is 42.7 Å². The van der Waals surface area contributed by atoms with Gasteiger partial charge in [0.15, 0.2) is 0 Å². The Morgan fingerprint density at radius 1 is 1.03 bits per heavy atom. The van der Waals surface area contributed by atoms with Gasteiger partial charge in [-0.3, -0.25) is 14.6 Å². The number of nitrogens with two attached hydrogens (primary N) is 1. The van der Waals surface area contributed by atoms with E-state index in [1.165, 1.54) is 12.4 Å². The van der Waals surface area contributed by atoms with E-state index in [2.05, 4.69) is 15.0 Å². The van der Waals surface area contributed by atoms with E-state index in [-0.39, 0.29) is 17.4 Å². The first-order valence-electron chi connectivity index (χ1n) is 11.1. The molecule has 8 heteroatoms. The number of pyridine rings is 1. The van der Waals surface area contributed by atoms with E-state index in [0.717, 1.165) is 25.0 Å². The molecular formula is C25H26FN5O2. The van der Waals surface area contributed by atoms with Crippen molar-refractivity contribution in [3.63, 3.8) is 0 Å². The summed E-state index contributed by atoms with van der Waals surface area (Å²) >= 11 is 0. The van der Waals surface area contributed by atoms with Gasteiger partial charge in [0.2, 0.25) is 0 Å². The molecule has 1 aliphatic heterocycles. The van der Waals surface area contributed by atoms with E-state index in [9.17, 15) is 14.0 Å². The lowest BCUT2D eigenvalue weighted by atomic mass is 9.95. The number of rotatable bonds is 6. The minimum absolute atomic E-state index is 0.0362. The van der Waals surface area contributed by atoms with Crippen molar-refractivity contribution < 1.29 is 14.0 Å². The number of carbonyl (C=O) groups is 2. The summed E-state index contributed by atoms with van der Waals surface area (Å²) in [5.41, 5.74) is 8.10. The number of halogens is 1. The Morgan fingerprint density at radius 3 is 2.70 bits per heavy atom. The standard InChI is InChI=1S/C25H26FN5O2/c26-22-6-2-1-5-18(22)13-21-14-19(7-9-28-21)25(33)31-10-3-4-17(8-11-31)12-20-15-23(24(27)32)30-16-29-20/h1-2,5-7,9,14-17H,3-4,8,10-13H2,(H2,27,32)/t17-/m1/s1. The number of benzene rings is 1. The molecule has 2 N–H and O–H groups in total. The van der Waals surface area contributed by atoms with E-state index in [0.29, 0.717) is 48.7 Å². The molecule has 4 rings (SSSR count). The van der Waals surface area contributed by atoms with Crippen LogP contribution in [-0.2, 0) is 12.8 Å². The van der Waals surface area contributed by atoms with Gasteiger partial charge in [-0.05, 0) is 61.4 Å². The lowest BCUT2D eigenvalue weighted by molar-refractivity contribution is 0.0759. The van der Waals surface area contributed by atoms with Crippen LogP contribution in [0.3, 0.4) is 0 Å². The van der Waals surface area contributed by atoms with Crippen molar-refractivity contribution in [2.75, 3.05) is 13.1 Å². The van der Waals surface area contributed by atoms with Crippen LogP contribution in [-0.4, -0.2) is 44.8 Å². The number of nitrogens with zero attached hydrogens (tertiary/aromatic N) is 4. The second-order valence-corrected chi connectivity index (χ2v) is 8.36. The third kappa shape index (κ3) is 5.77. The van der Waals surface area contributed by atoms with Crippen molar-refractivity contribution >= 4 is 11.8 Å². The fourth-order valence-corrected chi connectivity index (χ4v) is 4.24. The molecule has 1 aliphatic rings. The normalized spacial score (nSPS) is 16.3. The first-order chi connectivity index (χ1) is 16.0. The van der Waals surface area contributed by atoms with Gasteiger partial charge in [-0.2, -0.15) is 0 Å². The Balaban J connectivity index is 1.39. The van der Waals surface area contributed by atoms with Crippen molar-refractivity contribution in [2.45, 2.75) is 32.1 Å². The van der Waals surface area contributed by atoms with Crippen molar-refractivity contribution in [2.24, 2.45) is 11.7 Å². The van der Waals surface area contributed by atoms with Crippen molar-refractivity contribution in [1.29, 1.82) is 0 Å². The van der Waals surface area contributed by atoms with Crippen molar-refractivity contribution in [3.8, 4) is 0 Å². The van der Waals surface area contributed by atoms with E-state index >= 15 is 0 Å². The molecule has 170 valence electrons. The van der Waals surface area contributed by atoms with Crippen LogP contribution in [0.15, 0.2) is 55.0 Å². The van der Waals surface area contributed by atoms with Crippen LogP contribution in [0.2, 0.25) is 0 Å². The van der Waals surface area contributed by atoms with E-state index in [1.807, 2.05) is 4.90 Å². The highest BCUT2D eigenvalue weighted by Crippen LogP contribution is 2.23. The molecule has 3 heterocycles. The largest absolute Gasteiger partial charge is 0.364 e. The van der Waals surface area contributed by atoms with E-state index in [4.69, 9.17) is 5.73 Å². The number of aromatic nitrogens is 3. The summed E-state index contributed by atoms with van der Waals surface area (Å²) in [4.78, 5) is 38.9. The molecule has 7 nitrogen and oxygen atoms in total. The molecule has 1 fully saturated rings. The summed E-state index contributed by atoms with van der Waals surface area (Å²) in [6, 6.07) is 11.7. The third-order valence-corrected chi connectivity index (χ3v) is 6.00. The molecule has 3 aromatic rings. The topological polar surface area (TPSA) is 102 Å². The summed E-state index contributed by atoms with van der Waals surface area (Å²) in [7, 11) is 0. The molecule has 1 atom stereocenters. The maximum absolute atomic E-state index is 14.0. The van der Waals surface area contributed by atoms with Crippen LogP contribution in [0.1, 0.15) is 57.1 Å². The number of hydrogen-bond donors (Lipinski definition) is 1. The van der Waals surface area contributed by atoms with E-state index < -0.39 is 5.91 Å². The lowest BCUT2D eigenvalue weighted by Crippen LogP contribution is -2.32. The van der Waals surface area contributed by atoms with Gasteiger partial charge >= 0.3 is 0 Å². The van der Waals surface area contributed by atoms with Crippen molar-refractivity contribution in [1.82, 2.24) is 19.9 Å². The SMILES string of the molecule is NC(=O)c1cc(C[C@@H]2CCCN(C(=O)c3ccnc(Cc4ccccc4F)c3)CC2)ncn1. The number of hydrogen-bond acceptors (Lipinski definition) is 5. The van der Waals surface area contributed by atoms with Gasteiger partial charge in [0.1, 0.15) is 17.8 Å². The van der Waals surface area contributed by atoms with Gasteiger partial charge < -0.3 is 10.6 Å². The summed E-state index contributed by atoms with van der Waals surface area (Å²) in [6.45, 7) is 1.32. The van der Waals surface area contributed by atoms with Gasteiger partial charge in [-0.25, -0.2) is 14.4 Å². The molecule has 0 unspecified atom stereocenters. The van der Waals surface area contributed by atoms with Crippen LogP contribution in [0.5, 0.6) is 0 Å². The Hall–Kier alpha value is -3.68. The smallest absolute Gasteiger partial charge is 0.267 e. The Kier molecular flexibility index (Phi) is 7.02. The zero-order valence-electron chi connectivity index (χ0n) is 18.3. The number of amides is 2. The summed E-state index contributed by atoms with van der Waals surface area (Å²) in [5, 5.41) is 0. The second kappa shape index (κ2) is 10.3. The van der Waals surface area contributed by atoms with Crippen molar-refractivity contribution in [3.05, 3.63) is 89.0 Å². The quantitative estimate of drug-likeness (QED) is 0.625. The fraction of sp³-hybridized carbons (Fsp3) is 0.320. The molecule has 0 spiro atoms. The molecule has 0 saturated carbocycles. The molecule has 0 bridgehead atoms. The summed E-state index contributed by atoms with van der Waals surface area (Å²) in [6.07, 6.45) is 6.72. The zero-order valence-corrected chi connectivity index (χ0v) is 18.3. The van der Waals surface area contributed by atoms with Gasteiger partial charge in [-0.15, -0.1) is 0 Å². The van der Waals surface area contributed by atoms with Crippen LogP contribution in [0.25, 0.3) is 0 Å².